The molecule has 33 heavy (non-hydrogen) atoms. The van der Waals surface area contributed by atoms with Gasteiger partial charge in [-0.2, -0.15) is 0 Å². The van der Waals surface area contributed by atoms with Crippen molar-refractivity contribution < 1.29 is 4.65 Å². The first-order valence-electron chi connectivity index (χ1n) is 15.7. The van der Waals surface area contributed by atoms with Crippen molar-refractivity contribution in [2.75, 3.05) is 20.1 Å². The predicted molar refractivity (Wildman–Crippen MR) is 151 cm³/mol. The Morgan fingerprint density at radius 2 is 0.515 bits per heavy atom. The van der Waals surface area contributed by atoms with Gasteiger partial charge in [0.2, 0.25) is 0 Å². The molecule has 1 atom stereocenters. The molecule has 0 amide bonds. The Bertz CT molecular complexity index is 355. The van der Waals surface area contributed by atoms with E-state index in [0.29, 0.717) is 0 Å². The zero-order valence-corrected chi connectivity index (χ0v) is 23.7. The van der Waals surface area contributed by atoms with Crippen LogP contribution < -0.4 is 0 Å². The fourth-order valence-corrected chi connectivity index (χ4v) is 5.04. The number of hydrogen-bond acceptors (Lipinski definition) is 1. The largest absolute Gasteiger partial charge is 0.633 e. The van der Waals surface area contributed by atoms with Gasteiger partial charge in [0.15, 0.2) is 0 Å². The highest BCUT2D eigenvalue weighted by molar-refractivity contribution is 4.52. The van der Waals surface area contributed by atoms with Crippen molar-refractivity contribution in [2.24, 2.45) is 0 Å². The summed E-state index contributed by atoms with van der Waals surface area (Å²) in [5.74, 6) is 0. The van der Waals surface area contributed by atoms with Crippen LogP contribution in [0.15, 0.2) is 0 Å². The van der Waals surface area contributed by atoms with Gasteiger partial charge in [0.25, 0.3) is 0 Å². The average molecular weight is 468 g/mol. The smallest absolute Gasteiger partial charge is 0.0781 e. The van der Waals surface area contributed by atoms with Crippen molar-refractivity contribution in [2.45, 2.75) is 181 Å². The monoisotopic (exact) mass is 468 g/mol. The third kappa shape index (κ3) is 28.0. The molecular formula is C31H65NO. The normalized spacial score (nSPS) is 13.5. The third-order valence-corrected chi connectivity index (χ3v) is 7.47. The Hall–Kier alpha value is -0.0800. The van der Waals surface area contributed by atoms with Crippen molar-refractivity contribution in [1.82, 2.24) is 0 Å². The van der Waals surface area contributed by atoms with E-state index in [1.54, 1.807) is 0 Å². The van der Waals surface area contributed by atoms with Crippen molar-refractivity contribution >= 4 is 0 Å². The molecule has 0 radical (unpaired) electrons. The first kappa shape index (κ1) is 32.9. The molecule has 2 heteroatoms. The second kappa shape index (κ2) is 26.5. The molecule has 0 rings (SSSR count). The van der Waals surface area contributed by atoms with Gasteiger partial charge in [0, 0.05) is 0 Å². The maximum atomic E-state index is 12.6. The quantitative estimate of drug-likeness (QED) is 0.0637. The van der Waals surface area contributed by atoms with Gasteiger partial charge in [0.1, 0.15) is 0 Å². The lowest BCUT2D eigenvalue weighted by Gasteiger charge is -2.39. The molecule has 0 fully saturated rings. The molecule has 0 bridgehead atoms. The molecular weight excluding hydrogens is 402 g/mol. The molecule has 0 aliphatic carbocycles. The standard InChI is InChI=1S/C31H65NO/c1-4-6-8-10-12-14-16-18-19-21-23-25-27-29-31-32(3,33)30-28-26-24-22-20-17-15-13-11-9-7-5-2/h4-31H2,1-3H3. The average Bonchev–Trinajstić information content (AvgIpc) is 2.80. The summed E-state index contributed by atoms with van der Waals surface area (Å²) in [6.07, 6.45) is 35.7. The Kier molecular flexibility index (Phi) is 26.5. The maximum Gasteiger partial charge on any atom is 0.0781 e. The molecule has 0 aliphatic rings. The van der Waals surface area contributed by atoms with E-state index in [1.165, 1.54) is 154 Å². The molecule has 0 N–H and O–H groups in total. The van der Waals surface area contributed by atoms with Gasteiger partial charge < -0.3 is 9.85 Å². The minimum absolute atomic E-state index is 0.00395. The van der Waals surface area contributed by atoms with Crippen molar-refractivity contribution in [3.8, 4) is 0 Å². The van der Waals surface area contributed by atoms with Crippen molar-refractivity contribution in [1.29, 1.82) is 0 Å². The van der Waals surface area contributed by atoms with Crippen LogP contribution >= 0.6 is 0 Å². The van der Waals surface area contributed by atoms with Gasteiger partial charge in [-0.15, -0.1) is 0 Å². The van der Waals surface area contributed by atoms with Crippen LogP contribution in [0.4, 0.5) is 0 Å². The topological polar surface area (TPSA) is 23.1 Å². The van der Waals surface area contributed by atoms with Crippen LogP contribution in [0.3, 0.4) is 0 Å². The minimum atomic E-state index is -0.00395. The molecule has 0 heterocycles. The zero-order valence-electron chi connectivity index (χ0n) is 23.7. The second-order valence-corrected chi connectivity index (χ2v) is 11.2. The number of hydroxylamine groups is 3. The predicted octanol–water partition coefficient (Wildman–Crippen LogP) is 11.1. The summed E-state index contributed by atoms with van der Waals surface area (Å²) >= 11 is 0. The van der Waals surface area contributed by atoms with E-state index in [2.05, 4.69) is 13.8 Å². The number of nitrogens with zero attached hydrogens (tertiary/aromatic N) is 1. The van der Waals surface area contributed by atoms with Crippen molar-refractivity contribution in [3.63, 3.8) is 0 Å². The van der Waals surface area contributed by atoms with E-state index in [1.807, 2.05) is 7.05 Å². The maximum absolute atomic E-state index is 12.6. The highest BCUT2D eigenvalue weighted by Crippen LogP contribution is 2.15. The Labute approximate surface area is 210 Å². The number of quaternary nitrogens is 1. The molecule has 1 unspecified atom stereocenters. The molecule has 0 spiro atoms. The van der Waals surface area contributed by atoms with Crippen LogP contribution in [-0.4, -0.2) is 24.8 Å². The highest BCUT2D eigenvalue weighted by atomic mass is 16.5. The SMILES string of the molecule is CCCCCCCCCCCCCCCC[N+](C)([O-])CCCCCCCCCCCCCC. The first-order chi connectivity index (χ1) is 16.1. The molecule has 0 aliphatic heterocycles. The summed E-state index contributed by atoms with van der Waals surface area (Å²) in [6.45, 7) is 6.24. The summed E-state index contributed by atoms with van der Waals surface area (Å²) < 4.78 is -0.00395. The fraction of sp³-hybridized carbons (Fsp3) is 1.00. The van der Waals surface area contributed by atoms with Crippen LogP contribution in [0.2, 0.25) is 0 Å². The van der Waals surface area contributed by atoms with Gasteiger partial charge in [0.05, 0.1) is 20.1 Å². The van der Waals surface area contributed by atoms with Crippen LogP contribution in [0.5, 0.6) is 0 Å². The molecule has 0 saturated carbocycles. The van der Waals surface area contributed by atoms with Crippen LogP contribution in [-0.2, 0) is 0 Å². The minimum Gasteiger partial charge on any atom is -0.633 e. The van der Waals surface area contributed by atoms with Crippen molar-refractivity contribution in [3.05, 3.63) is 5.21 Å². The fourth-order valence-electron chi connectivity index (χ4n) is 5.04. The third-order valence-electron chi connectivity index (χ3n) is 7.47. The van der Waals surface area contributed by atoms with Gasteiger partial charge in [-0.3, -0.25) is 0 Å². The Balaban J connectivity index is 3.28. The lowest BCUT2D eigenvalue weighted by atomic mass is 10.0. The first-order valence-corrected chi connectivity index (χ1v) is 15.7. The summed E-state index contributed by atoms with van der Waals surface area (Å²) in [5, 5.41) is 12.6. The molecule has 0 saturated heterocycles. The Morgan fingerprint density at radius 1 is 0.333 bits per heavy atom. The van der Waals surface area contributed by atoms with Gasteiger partial charge in [-0.25, -0.2) is 0 Å². The molecule has 200 valence electrons. The summed E-state index contributed by atoms with van der Waals surface area (Å²) in [7, 11) is 1.90. The molecule has 0 aromatic carbocycles. The summed E-state index contributed by atoms with van der Waals surface area (Å²) in [4.78, 5) is 0. The summed E-state index contributed by atoms with van der Waals surface area (Å²) in [5.41, 5.74) is 0. The second-order valence-electron chi connectivity index (χ2n) is 11.2. The number of unbranched alkanes of at least 4 members (excludes halogenated alkanes) is 24. The number of hydrogen-bond donors (Lipinski definition) is 0. The van der Waals surface area contributed by atoms with E-state index in [-0.39, 0.29) is 4.65 Å². The lowest BCUT2D eigenvalue weighted by molar-refractivity contribution is -0.861. The van der Waals surface area contributed by atoms with Gasteiger partial charge >= 0.3 is 0 Å². The van der Waals surface area contributed by atoms with Gasteiger partial charge in [-0.1, -0.05) is 155 Å². The van der Waals surface area contributed by atoms with Crippen LogP contribution in [0.1, 0.15) is 181 Å². The van der Waals surface area contributed by atoms with E-state index in [9.17, 15) is 5.21 Å². The number of rotatable bonds is 28. The van der Waals surface area contributed by atoms with E-state index >= 15 is 0 Å². The molecule has 0 aromatic rings. The Morgan fingerprint density at radius 3 is 0.727 bits per heavy atom. The van der Waals surface area contributed by atoms with E-state index in [0.717, 1.165) is 25.9 Å². The van der Waals surface area contributed by atoms with Gasteiger partial charge in [-0.05, 0) is 25.7 Å². The van der Waals surface area contributed by atoms with E-state index in [4.69, 9.17) is 0 Å². The summed E-state index contributed by atoms with van der Waals surface area (Å²) in [6, 6.07) is 0. The highest BCUT2D eigenvalue weighted by Gasteiger charge is 2.09. The molecule has 0 aromatic heterocycles. The zero-order chi connectivity index (χ0) is 24.3. The molecule has 2 nitrogen and oxygen atoms in total. The lowest BCUT2D eigenvalue weighted by Crippen LogP contribution is -2.39. The van der Waals surface area contributed by atoms with E-state index < -0.39 is 0 Å². The van der Waals surface area contributed by atoms with Crippen LogP contribution in [0.25, 0.3) is 0 Å². The van der Waals surface area contributed by atoms with Crippen LogP contribution in [0, 0.1) is 5.21 Å².